The summed E-state index contributed by atoms with van der Waals surface area (Å²) in [7, 11) is 0. The number of nitrogens with zero attached hydrogens (tertiary/aromatic N) is 3. The Labute approximate surface area is 137 Å². The topological polar surface area (TPSA) is 50.3 Å². The molecular formula is C18H24N4O. The van der Waals surface area contributed by atoms with E-state index in [4.69, 9.17) is 4.74 Å². The molecule has 1 unspecified atom stereocenters. The molecular weight excluding hydrogens is 288 g/mol. The first-order valence-electron chi connectivity index (χ1n) is 8.25. The quantitative estimate of drug-likeness (QED) is 0.889. The molecule has 23 heavy (non-hydrogen) atoms. The lowest BCUT2D eigenvalue weighted by Gasteiger charge is -2.33. The lowest BCUT2D eigenvalue weighted by atomic mass is 10.1. The van der Waals surface area contributed by atoms with Crippen molar-refractivity contribution in [3.05, 3.63) is 48.4 Å². The second kappa shape index (κ2) is 7.92. The molecule has 1 fully saturated rings. The van der Waals surface area contributed by atoms with Gasteiger partial charge in [0.15, 0.2) is 0 Å². The first kappa shape index (κ1) is 15.7. The van der Waals surface area contributed by atoms with E-state index in [0.717, 1.165) is 43.5 Å². The second-order valence-electron chi connectivity index (χ2n) is 5.99. The first-order chi connectivity index (χ1) is 11.3. The minimum absolute atomic E-state index is 0.440. The van der Waals surface area contributed by atoms with Crippen LogP contribution in [-0.2, 0) is 0 Å². The number of aryl methyl sites for hydroxylation is 1. The summed E-state index contributed by atoms with van der Waals surface area (Å²) in [6.45, 7) is 5.83. The molecule has 1 aromatic heterocycles. The number of aromatic nitrogens is 2. The summed E-state index contributed by atoms with van der Waals surface area (Å²) in [6.07, 6.45) is 4.00. The van der Waals surface area contributed by atoms with Gasteiger partial charge in [0.05, 0.1) is 0 Å². The Kier molecular flexibility index (Phi) is 5.42. The summed E-state index contributed by atoms with van der Waals surface area (Å²) in [4.78, 5) is 10.9. The van der Waals surface area contributed by atoms with Crippen molar-refractivity contribution in [1.82, 2.24) is 14.9 Å². The molecule has 1 aromatic carbocycles. The van der Waals surface area contributed by atoms with Crippen molar-refractivity contribution < 1.29 is 4.74 Å². The van der Waals surface area contributed by atoms with Gasteiger partial charge in [-0.05, 0) is 38.4 Å². The number of anilines is 1. The van der Waals surface area contributed by atoms with Crippen molar-refractivity contribution in [1.29, 1.82) is 0 Å². The van der Waals surface area contributed by atoms with Gasteiger partial charge in [0.25, 0.3) is 0 Å². The predicted molar refractivity (Wildman–Crippen MR) is 91.8 cm³/mol. The largest absolute Gasteiger partial charge is 0.492 e. The summed E-state index contributed by atoms with van der Waals surface area (Å²) in [5, 5.41) is 3.53. The summed E-state index contributed by atoms with van der Waals surface area (Å²) in [5.41, 5.74) is 0.992. The fourth-order valence-electron chi connectivity index (χ4n) is 2.93. The van der Waals surface area contributed by atoms with Crippen molar-refractivity contribution >= 4 is 5.82 Å². The number of nitrogens with one attached hydrogen (secondary N) is 1. The third-order valence-corrected chi connectivity index (χ3v) is 4.08. The number of benzene rings is 1. The molecule has 0 spiro atoms. The van der Waals surface area contributed by atoms with E-state index in [2.05, 4.69) is 20.2 Å². The lowest BCUT2D eigenvalue weighted by Crippen LogP contribution is -2.43. The minimum atomic E-state index is 0.440. The molecule has 0 amide bonds. The van der Waals surface area contributed by atoms with Crippen LogP contribution in [0.5, 0.6) is 5.75 Å². The molecule has 0 aliphatic carbocycles. The van der Waals surface area contributed by atoms with Crippen LogP contribution in [0.2, 0.25) is 0 Å². The SMILES string of the molecule is Cc1cc(NC2CCCN(CCOc3ccccc3)C2)ncn1. The van der Waals surface area contributed by atoms with Crippen LogP contribution in [0.3, 0.4) is 0 Å². The highest BCUT2D eigenvalue weighted by atomic mass is 16.5. The Balaban J connectivity index is 1.44. The number of likely N-dealkylation sites (tertiary alicyclic amines) is 1. The van der Waals surface area contributed by atoms with Gasteiger partial charge < -0.3 is 10.1 Å². The lowest BCUT2D eigenvalue weighted by molar-refractivity contribution is 0.175. The van der Waals surface area contributed by atoms with Crippen LogP contribution in [0.1, 0.15) is 18.5 Å². The molecule has 0 bridgehead atoms. The highest BCUT2D eigenvalue weighted by Gasteiger charge is 2.19. The Bertz CT molecular complexity index is 605. The fraction of sp³-hybridized carbons (Fsp3) is 0.444. The van der Waals surface area contributed by atoms with E-state index in [0.29, 0.717) is 6.04 Å². The number of rotatable bonds is 6. The van der Waals surface area contributed by atoms with Crippen LogP contribution in [-0.4, -0.2) is 47.2 Å². The standard InChI is InChI=1S/C18H24N4O/c1-15-12-18(20-14-19-15)21-16-6-5-9-22(13-16)10-11-23-17-7-3-2-4-8-17/h2-4,7-8,12,14,16H,5-6,9-11,13H2,1H3,(H,19,20,21). The zero-order valence-electron chi connectivity index (χ0n) is 13.6. The molecule has 1 aliphatic heterocycles. The predicted octanol–water partition coefficient (Wildman–Crippen LogP) is 2.74. The van der Waals surface area contributed by atoms with Gasteiger partial charge in [0, 0.05) is 30.9 Å². The number of ether oxygens (including phenoxy) is 1. The molecule has 1 atom stereocenters. The molecule has 122 valence electrons. The van der Waals surface area contributed by atoms with Gasteiger partial charge in [0.1, 0.15) is 24.5 Å². The number of piperidine rings is 1. The Morgan fingerprint density at radius 2 is 2.13 bits per heavy atom. The third-order valence-electron chi connectivity index (χ3n) is 4.08. The number of hydrogen-bond donors (Lipinski definition) is 1. The van der Waals surface area contributed by atoms with Gasteiger partial charge in [0.2, 0.25) is 0 Å². The van der Waals surface area contributed by atoms with E-state index in [1.54, 1.807) is 6.33 Å². The van der Waals surface area contributed by atoms with Crippen LogP contribution in [0.4, 0.5) is 5.82 Å². The van der Waals surface area contributed by atoms with Crippen molar-refractivity contribution in [2.45, 2.75) is 25.8 Å². The first-order valence-corrected chi connectivity index (χ1v) is 8.25. The molecule has 1 saturated heterocycles. The monoisotopic (exact) mass is 312 g/mol. The van der Waals surface area contributed by atoms with E-state index < -0.39 is 0 Å². The number of hydrogen-bond acceptors (Lipinski definition) is 5. The highest BCUT2D eigenvalue weighted by Crippen LogP contribution is 2.15. The van der Waals surface area contributed by atoms with Gasteiger partial charge >= 0.3 is 0 Å². The maximum atomic E-state index is 5.80. The zero-order chi connectivity index (χ0) is 15.9. The third kappa shape index (κ3) is 4.93. The van der Waals surface area contributed by atoms with Crippen molar-refractivity contribution in [3.8, 4) is 5.75 Å². The zero-order valence-corrected chi connectivity index (χ0v) is 13.6. The summed E-state index contributed by atoms with van der Waals surface area (Å²) in [5.74, 6) is 1.86. The Morgan fingerprint density at radius 1 is 1.26 bits per heavy atom. The normalized spacial score (nSPS) is 18.6. The van der Waals surface area contributed by atoms with Crippen molar-refractivity contribution in [2.75, 3.05) is 31.6 Å². The van der Waals surface area contributed by atoms with Crippen LogP contribution in [0.25, 0.3) is 0 Å². The smallest absolute Gasteiger partial charge is 0.129 e. The Hall–Kier alpha value is -2.14. The van der Waals surface area contributed by atoms with Crippen molar-refractivity contribution in [3.63, 3.8) is 0 Å². The van der Waals surface area contributed by atoms with Gasteiger partial charge in [-0.3, -0.25) is 4.90 Å². The van der Waals surface area contributed by atoms with Crippen LogP contribution < -0.4 is 10.1 Å². The van der Waals surface area contributed by atoms with Gasteiger partial charge in [-0.25, -0.2) is 9.97 Å². The summed E-state index contributed by atoms with van der Waals surface area (Å²) in [6, 6.07) is 12.4. The van der Waals surface area contributed by atoms with Crippen LogP contribution in [0.15, 0.2) is 42.7 Å². The fourth-order valence-corrected chi connectivity index (χ4v) is 2.93. The Morgan fingerprint density at radius 3 is 2.96 bits per heavy atom. The van der Waals surface area contributed by atoms with E-state index >= 15 is 0 Å². The summed E-state index contributed by atoms with van der Waals surface area (Å²) >= 11 is 0. The van der Waals surface area contributed by atoms with E-state index in [1.807, 2.05) is 43.3 Å². The average Bonchev–Trinajstić information content (AvgIpc) is 2.56. The van der Waals surface area contributed by atoms with Gasteiger partial charge in [-0.15, -0.1) is 0 Å². The molecule has 3 rings (SSSR count). The van der Waals surface area contributed by atoms with E-state index in [1.165, 1.54) is 12.8 Å². The maximum Gasteiger partial charge on any atom is 0.129 e. The molecule has 1 N–H and O–H groups in total. The number of para-hydroxylation sites is 1. The van der Waals surface area contributed by atoms with E-state index in [-0.39, 0.29) is 0 Å². The molecule has 5 nitrogen and oxygen atoms in total. The average molecular weight is 312 g/mol. The maximum absolute atomic E-state index is 5.80. The van der Waals surface area contributed by atoms with Gasteiger partial charge in [-0.2, -0.15) is 0 Å². The van der Waals surface area contributed by atoms with Crippen LogP contribution >= 0.6 is 0 Å². The molecule has 0 saturated carbocycles. The van der Waals surface area contributed by atoms with Crippen molar-refractivity contribution in [2.24, 2.45) is 0 Å². The summed E-state index contributed by atoms with van der Waals surface area (Å²) < 4.78 is 5.80. The van der Waals surface area contributed by atoms with Crippen LogP contribution in [0, 0.1) is 6.92 Å². The molecule has 2 aromatic rings. The van der Waals surface area contributed by atoms with E-state index in [9.17, 15) is 0 Å². The molecule has 1 aliphatic rings. The second-order valence-corrected chi connectivity index (χ2v) is 5.99. The molecule has 2 heterocycles. The highest BCUT2D eigenvalue weighted by molar-refractivity contribution is 5.35. The molecule has 5 heteroatoms. The minimum Gasteiger partial charge on any atom is -0.492 e. The molecule has 0 radical (unpaired) electrons. The van der Waals surface area contributed by atoms with Gasteiger partial charge in [-0.1, -0.05) is 18.2 Å².